The van der Waals surface area contributed by atoms with E-state index in [1.54, 1.807) is 4.90 Å². The molecule has 7 nitrogen and oxygen atoms in total. The smallest absolute Gasteiger partial charge is 0.414 e. The molecule has 3 aliphatic rings. The van der Waals surface area contributed by atoms with Gasteiger partial charge in [0.2, 0.25) is 0 Å². The first-order chi connectivity index (χ1) is 24.2. The summed E-state index contributed by atoms with van der Waals surface area (Å²) in [6.07, 6.45) is 8.38. The second-order valence-corrected chi connectivity index (χ2v) is 12.3. The van der Waals surface area contributed by atoms with Crippen LogP contribution in [0.3, 0.4) is 0 Å². The van der Waals surface area contributed by atoms with Gasteiger partial charge in [-0.15, -0.1) is 0 Å². The van der Waals surface area contributed by atoms with Gasteiger partial charge in [0.15, 0.2) is 0 Å². The number of amides is 1. The van der Waals surface area contributed by atoms with Crippen LogP contribution in [0, 0.1) is 0 Å². The van der Waals surface area contributed by atoms with Crippen LogP contribution in [0.25, 0.3) is 68.6 Å². The molecule has 1 amide bonds. The summed E-state index contributed by atoms with van der Waals surface area (Å²) in [4.78, 5) is 33.1. The Labute approximate surface area is 282 Å². The molecule has 6 heterocycles. The van der Waals surface area contributed by atoms with E-state index in [1.165, 1.54) is 0 Å². The molecule has 1 unspecified atom stereocenters. The molecule has 2 N–H and O–H groups in total. The van der Waals surface area contributed by atoms with Crippen LogP contribution in [-0.2, 0) is 11.2 Å². The fourth-order valence-electron chi connectivity index (χ4n) is 6.97. The molecule has 236 valence electrons. The molecular weight excluding hydrogens is 606 g/mol. The van der Waals surface area contributed by atoms with Crippen LogP contribution >= 0.6 is 0 Å². The number of nitrogens with one attached hydrogen (secondary N) is 2. The van der Waals surface area contributed by atoms with Gasteiger partial charge in [-0.3, -0.25) is 4.90 Å². The Morgan fingerprint density at radius 2 is 1.22 bits per heavy atom. The maximum absolute atomic E-state index is 13.7. The Balaban J connectivity index is 1.38. The number of benzene rings is 3. The SMILES string of the molecule is O=C1OCC(Cc2ccccc2)N1c1c2nc(c(-c3ccccc3)c3ccc(cc4nc(c(-c5ccccc5)c5ccc1[nH]5)C=C4)[nH]3)C=C2. The topological polar surface area (TPSA) is 86.9 Å². The molecule has 0 radical (unpaired) electrons. The molecule has 1 atom stereocenters. The summed E-state index contributed by atoms with van der Waals surface area (Å²) in [5.41, 5.74) is 12.5. The molecule has 1 fully saturated rings. The molecule has 6 aromatic rings. The van der Waals surface area contributed by atoms with Gasteiger partial charge in [0.1, 0.15) is 6.61 Å². The molecule has 7 heteroatoms. The fourth-order valence-corrected chi connectivity index (χ4v) is 6.97. The number of H-pyrrole nitrogens is 2. The third kappa shape index (κ3) is 5.31. The summed E-state index contributed by atoms with van der Waals surface area (Å²) < 4.78 is 5.75. The molecular formula is C42H31N5O2. The highest BCUT2D eigenvalue weighted by Gasteiger charge is 2.37. The zero-order chi connectivity index (χ0) is 32.7. The van der Waals surface area contributed by atoms with E-state index in [9.17, 15) is 4.79 Å². The van der Waals surface area contributed by atoms with E-state index in [0.717, 1.165) is 67.0 Å². The largest absolute Gasteiger partial charge is 0.447 e. The van der Waals surface area contributed by atoms with Gasteiger partial charge < -0.3 is 14.7 Å². The summed E-state index contributed by atoms with van der Waals surface area (Å²) in [6.45, 7) is 0.281. The fraction of sp³-hybridized carbons (Fsp3) is 0.0714. The van der Waals surface area contributed by atoms with Crippen LogP contribution in [0.5, 0.6) is 0 Å². The van der Waals surface area contributed by atoms with E-state index in [4.69, 9.17) is 14.7 Å². The van der Waals surface area contributed by atoms with Crippen molar-refractivity contribution in [3.63, 3.8) is 0 Å². The Hall–Kier alpha value is -6.47. The lowest BCUT2D eigenvalue weighted by atomic mass is 10.0. The number of hydrogen-bond donors (Lipinski definition) is 2. The lowest BCUT2D eigenvalue weighted by molar-refractivity contribution is 0.178. The average Bonchev–Trinajstić information content (AvgIpc) is 3.99. The monoisotopic (exact) mass is 637 g/mol. The van der Waals surface area contributed by atoms with Gasteiger partial charge in [-0.1, -0.05) is 91.0 Å². The lowest BCUT2D eigenvalue weighted by Gasteiger charge is -2.22. The van der Waals surface area contributed by atoms with Crippen molar-refractivity contribution >= 4 is 58.2 Å². The number of aromatic amines is 2. The number of fused-ring (bicyclic) bond motifs is 8. The molecule has 8 bridgehead atoms. The molecule has 3 aliphatic heterocycles. The first kappa shape index (κ1) is 28.7. The van der Waals surface area contributed by atoms with Crippen molar-refractivity contribution in [3.05, 3.63) is 150 Å². The summed E-state index contributed by atoms with van der Waals surface area (Å²) in [6, 6.07) is 40.8. The summed E-state index contributed by atoms with van der Waals surface area (Å²) in [5.74, 6) is 0. The summed E-state index contributed by atoms with van der Waals surface area (Å²) in [7, 11) is 0. The van der Waals surface area contributed by atoms with Gasteiger partial charge in [-0.2, -0.15) is 0 Å². The van der Waals surface area contributed by atoms with Crippen LogP contribution in [0.15, 0.2) is 121 Å². The highest BCUT2D eigenvalue weighted by atomic mass is 16.6. The molecule has 9 rings (SSSR count). The Bertz CT molecular complexity index is 2410. The van der Waals surface area contributed by atoms with E-state index in [0.29, 0.717) is 17.8 Å². The van der Waals surface area contributed by atoms with Crippen molar-refractivity contribution in [2.24, 2.45) is 0 Å². The van der Waals surface area contributed by atoms with Gasteiger partial charge in [-0.25, -0.2) is 14.8 Å². The highest BCUT2D eigenvalue weighted by molar-refractivity contribution is 6.02. The summed E-state index contributed by atoms with van der Waals surface area (Å²) >= 11 is 0. The summed E-state index contributed by atoms with van der Waals surface area (Å²) in [5, 5.41) is 0. The number of ether oxygens (including phenoxy) is 1. The molecule has 3 aromatic carbocycles. The minimum absolute atomic E-state index is 0.224. The predicted octanol–water partition coefficient (Wildman–Crippen LogP) is 9.56. The molecule has 0 spiro atoms. The molecule has 3 aromatic heterocycles. The van der Waals surface area contributed by atoms with Crippen molar-refractivity contribution < 1.29 is 9.53 Å². The van der Waals surface area contributed by atoms with Crippen LogP contribution in [0.4, 0.5) is 10.5 Å². The lowest BCUT2D eigenvalue weighted by Crippen LogP contribution is -2.35. The number of anilines is 1. The maximum Gasteiger partial charge on any atom is 0.414 e. The van der Waals surface area contributed by atoms with Gasteiger partial charge in [0.05, 0.1) is 40.0 Å². The normalized spacial score (nSPS) is 15.1. The van der Waals surface area contributed by atoms with E-state index in [-0.39, 0.29) is 12.6 Å². The average molecular weight is 638 g/mol. The second-order valence-electron chi connectivity index (χ2n) is 12.3. The van der Waals surface area contributed by atoms with Gasteiger partial charge in [0.25, 0.3) is 0 Å². The number of rotatable bonds is 5. The molecule has 0 saturated carbocycles. The quantitative estimate of drug-likeness (QED) is 0.197. The zero-order valence-corrected chi connectivity index (χ0v) is 26.5. The number of carbonyl (C=O) groups is 1. The van der Waals surface area contributed by atoms with Crippen molar-refractivity contribution in [2.75, 3.05) is 11.5 Å². The highest BCUT2D eigenvalue weighted by Crippen LogP contribution is 2.37. The number of aromatic nitrogens is 4. The second kappa shape index (κ2) is 12.0. The minimum atomic E-state index is -0.391. The molecule has 0 aliphatic carbocycles. The zero-order valence-electron chi connectivity index (χ0n) is 26.5. The van der Waals surface area contributed by atoms with Gasteiger partial charge in [0, 0.05) is 27.7 Å². The predicted molar refractivity (Wildman–Crippen MR) is 197 cm³/mol. The van der Waals surface area contributed by atoms with Gasteiger partial charge in [-0.05, 0) is 77.7 Å². The third-order valence-electron chi connectivity index (χ3n) is 9.19. The van der Waals surface area contributed by atoms with Crippen molar-refractivity contribution in [3.8, 4) is 22.3 Å². The molecule has 49 heavy (non-hydrogen) atoms. The Kier molecular flexibility index (Phi) is 7.01. The Morgan fingerprint density at radius 1 is 0.633 bits per heavy atom. The van der Waals surface area contributed by atoms with Gasteiger partial charge >= 0.3 is 6.09 Å². The number of cyclic esters (lactones) is 1. The number of carbonyl (C=O) groups excluding carboxylic acids is 1. The number of nitrogens with zero attached hydrogens (tertiary/aromatic N) is 3. The maximum atomic E-state index is 13.7. The van der Waals surface area contributed by atoms with Crippen LogP contribution in [0.1, 0.15) is 28.3 Å². The third-order valence-corrected chi connectivity index (χ3v) is 9.19. The van der Waals surface area contributed by atoms with Crippen molar-refractivity contribution in [1.82, 2.24) is 19.9 Å². The minimum Gasteiger partial charge on any atom is -0.447 e. The Morgan fingerprint density at radius 3 is 1.96 bits per heavy atom. The first-order valence-electron chi connectivity index (χ1n) is 16.4. The number of hydrogen-bond acceptors (Lipinski definition) is 4. The standard InChI is InChI=1S/C42H31N5O2/c48-42-47(32(26-49-42)24-27-10-4-1-5-11-27)41-37-22-20-35(45-37)39(28-12-6-2-7-13-28)33-18-16-30(43-33)25-31-17-19-34(44-31)40(29-14-8-3-9-15-29)36-21-23-38(41)46-36/h1-23,25,32,43,46H,24,26H2. The van der Waals surface area contributed by atoms with Crippen LogP contribution < -0.4 is 4.90 Å². The van der Waals surface area contributed by atoms with Crippen molar-refractivity contribution in [2.45, 2.75) is 12.5 Å². The van der Waals surface area contributed by atoms with E-state index >= 15 is 0 Å². The van der Waals surface area contributed by atoms with E-state index < -0.39 is 6.09 Å². The van der Waals surface area contributed by atoms with E-state index in [1.807, 2.05) is 78.9 Å². The van der Waals surface area contributed by atoms with Crippen LogP contribution in [0.2, 0.25) is 0 Å². The first-order valence-corrected chi connectivity index (χ1v) is 16.4. The van der Waals surface area contributed by atoms with E-state index in [2.05, 4.69) is 76.7 Å². The molecule has 1 saturated heterocycles. The van der Waals surface area contributed by atoms with Crippen LogP contribution in [-0.4, -0.2) is 38.7 Å². The van der Waals surface area contributed by atoms with Crippen molar-refractivity contribution in [1.29, 1.82) is 0 Å².